The van der Waals surface area contributed by atoms with E-state index in [1.54, 1.807) is 40.0 Å². The molecule has 2 aliphatic rings. The van der Waals surface area contributed by atoms with Gasteiger partial charge in [0.25, 0.3) is 0 Å². The summed E-state index contributed by atoms with van der Waals surface area (Å²) in [5.74, 6) is -0.489. The third-order valence-electron chi connectivity index (χ3n) is 7.24. The molecule has 0 saturated carbocycles. The van der Waals surface area contributed by atoms with Crippen molar-refractivity contribution in [1.29, 1.82) is 0 Å². The molecule has 8 nitrogen and oxygen atoms in total. The van der Waals surface area contributed by atoms with Crippen LogP contribution in [0, 0.1) is 0 Å². The second-order valence-corrected chi connectivity index (χ2v) is 11.6. The van der Waals surface area contributed by atoms with Crippen molar-refractivity contribution in [3.05, 3.63) is 93.0 Å². The monoisotopic (exact) mass is 632 g/mol. The molecule has 224 valence electrons. The molecule has 12 heteroatoms. The fourth-order valence-corrected chi connectivity index (χ4v) is 5.38. The number of halogens is 2. The highest BCUT2D eigenvalue weighted by Crippen LogP contribution is 2.42. The van der Waals surface area contributed by atoms with Crippen LogP contribution in [-0.4, -0.2) is 46.3 Å². The summed E-state index contributed by atoms with van der Waals surface area (Å²) < 4.78 is 12.0. The summed E-state index contributed by atoms with van der Waals surface area (Å²) in [6, 6.07) is 11.7. The van der Waals surface area contributed by atoms with Gasteiger partial charge in [0.1, 0.15) is 44.4 Å². The quantitative estimate of drug-likeness (QED) is 0.159. The SMILES string of the molecule is Bc1cc(O)c2cc1Oc1c(O)cc(cc1O)C/C(Cl)=C\Cc1cc(c(B)cc1O)Oc1c(O)cc(O)cc1C/C(Cl)=C\C2. The highest BCUT2D eigenvalue weighted by Gasteiger charge is 2.19. The maximum atomic E-state index is 10.7. The second kappa shape index (κ2) is 12.6. The first-order chi connectivity index (χ1) is 20.9. The fraction of sp³-hybridized carbons (Fsp3) is 0.125. The molecular weight excluding hydrogens is 605 g/mol. The van der Waals surface area contributed by atoms with Crippen LogP contribution in [0.15, 0.2) is 70.7 Å². The maximum Gasteiger partial charge on any atom is 0.210 e. The molecule has 4 aromatic carbocycles. The summed E-state index contributed by atoms with van der Waals surface area (Å²) in [7, 11) is 3.45. The van der Waals surface area contributed by atoms with Crippen molar-refractivity contribution < 1.29 is 40.1 Å². The van der Waals surface area contributed by atoms with Gasteiger partial charge in [0.2, 0.25) is 5.75 Å². The molecule has 0 unspecified atom stereocenters. The predicted molar refractivity (Wildman–Crippen MR) is 175 cm³/mol. The average molecular weight is 633 g/mol. The molecule has 0 aromatic heterocycles. The van der Waals surface area contributed by atoms with Gasteiger partial charge in [0, 0.05) is 45.7 Å². The molecule has 0 saturated heterocycles. The lowest BCUT2D eigenvalue weighted by atomic mass is 9.92. The van der Waals surface area contributed by atoms with Gasteiger partial charge < -0.3 is 40.1 Å². The molecule has 2 aliphatic heterocycles. The van der Waals surface area contributed by atoms with Gasteiger partial charge in [0.15, 0.2) is 23.0 Å². The van der Waals surface area contributed by atoms with E-state index in [1.807, 2.05) is 0 Å². The summed E-state index contributed by atoms with van der Waals surface area (Å²) >= 11 is 13.1. The minimum absolute atomic E-state index is 0.00660. The molecule has 6 rings (SSSR count). The minimum atomic E-state index is -0.300. The lowest BCUT2D eigenvalue weighted by Gasteiger charge is -2.17. The van der Waals surface area contributed by atoms with E-state index in [4.69, 9.17) is 32.7 Å². The number of phenolic OH excluding ortho intramolecular Hbond substituents is 6. The zero-order chi connectivity index (χ0) is 31.7. The molecule has 0 fully saturated rings. The Morgan fingerprint density at radius 3 is 1.55 bits per heavy atom. The molecule has 0 spiro atoms. The third-order valence-corrected chi connectivity index (χ3v) is 7.81. The zero-order valence-corrected chi connectivity index (χ0v) is 25.4. The second-order valence-electron chi connectivity index (χ2n) is 10.7. The van der Waals surface area contributed by atoms with E-state index in [2.05, 4.69) is 0 Å². The number of rotatable bonds is 0. The van der Waals surface area contributed by atoms with Crippen LogP contribution in [0.3, 0.4) is 0 Å². The van der Waals surface area contributed by atoms with Gasteiger partial charge in [-0.3, -0.25) is 0 Å². The normalized spacial score (nSPS) is 16.1. The van der Waals surface area contributed by atoms with Crippen molar-refractivity contribution in [2.75, 3.05) is 0 Å². The molecule has 6 N–H and O–H groups in total. The van der Waals surface area contributed by atoms with Gasteiger partial charge in [-0.05, 0) is 71.8 Å². The first-order valence-electron chi connectivity index (χ1n) is 13.7. The van der Waals surface area contributed by atoms with Crippen LogP contribution in [-0.2, 0) is 25.7 Å². The first kappa shape index (κ1) is 30.9. The molecular formula is C32H28B2Cl2O8. The lowest BCUT2D eigenvalue weighted by Crippen LogP contribution is -2.09. The van der Waals surface area contributed by atoms with Gasteiger partial charge >= 0.3 is 0 Å². The molecule has 0 atom stereocenters. The number of allylic oxidation sites excluding steroid dienone is 4. The van der Waals surface area contributed by atoms with Crippen molar-refractivity contribution in [2.24, 2.45) is 0 Å². The Hall–Kier alpha value is -4.53. The van der Waals surface area contributed by atoms with Crippen LogP contribution >= 0.6 is 23.2 Å². The molecule has 2 heterocycles. The zero-order valence-electron chi connectivity index (χ0n) is 23.9. The summed E-state index contributed by atoms with van der Waals surface area (Å²) in [4.78, 5) is 0. The van der Waals surface area contributed by atoms with E-state index in [9.17, 15) is 30.6 Å². The number of fused-ring (bicyclic) bond motifs is 6. The summed E-state index contributed by atoms with van der Waals surface area (Å²) in [5, 5.41) is 64.3. The highest BCUT2D eigenvalue weighted by atomic mass is 35.5. The van der Waals surface area contributed by atoms with Gasteiger partial charge in [-0.1, -0.05) is 35.4 Å². The summed E-state index contributed by atoms with van der Waals surface area (Å²) in [5.41, 5.74) is 3.02. The van der Waals surface area contributed by atoms with E-state index < -0.39 is 0 Å². The van der Waals surface area contributed by atoms with Gasteiger partial charge in [0.05, 0.1) is 0 Å². The lowest BCUT2D eigenvalue weighted by molar-refractivity contribution is 0.376. The van der Waals surface area contributed by atoms with E-state index in [1.165, 1.54) is 30.3 Å². The Morgan fingerprint density at radius 2 is 1.00 bits per heavy atom. The van der Waals surface area contributed by atoms with Crippen molar-refractivity contribution >= 4 is 49.8 Å². The van der Waals surface area contributed by atoms with Crippen molar-refractivity contribution in [3.8, 4) is 57.5 Å². The Balaban J connectivity index is 1.63. The Morgan fingerprint density at radius 1 is 0.523 bits per heavy atom. The third kappa shape index (κ3) is 6.82. The van der Waals surface area contributed by atoms with Gasteiger partial charge in [-0.15, -0.1) is 0 Å². The van der Waals surface area contributed by atoms with E-state index in [0.717, 1.165) is 6.07 Å². The maximum absolute atomic E-state index is 10.7. The topological polar surface area (TPSA) is 140 Å². The summed E-state index contributed by atoms with van der Waals surface area (Å²) in [6.07, 6.45) is 4.02. The van der Waals surface area contributed by atoms with Gasteiger partial charge in [-0.2, -0.15) is 0 Å². The number of hydrogen-bond donors (Lipinski definition) is 6. The molecule has 6 bridgehead atoms. The van der Waals surface area contributed by atoms with Gasteiger partial charge in [-0.25, -0.2) is 0 Å². The van der Waals surface area contributed by atoms with Crippen molar-refractivity contribution in [1.82, 2.24) is 0 Å². The average Bonchev–Trinajstić information content (AvgIpc) is 2.93. The number of benzene rings is 4. The van der Waals surface area contributed by atoms with Crippen molar-refractivity contribution in [3.63, 3.8) is 0 Å². The molecule has 4 aromatic rings. The van der Waals surface area contributed by atoms with Crippen LogP contribution in [0.2, 0.25) is 0 Å². The molecule has 0 radical (unpaired) electrons. The highest BCUT2D eigenvalue weighted by molar-refractivity contribution is 6.35. The predicted octanol–water partition coefficient (Wildman–Crippen LogP) is 4.15. The number of aromatic hydroxyl groups is 6. The number of hydrogen-bond acceptors (Lipinski definition) is 8. The van der Waals surface area contributed by atoms with E-state index in [0.29, 0.717) is 54.7 Å². The fourth-order valence-electron chi connectivity index (χ4n) is 4.93. The number of ether oxygens (including phenoxy) is 2. The van der Waals surface area contributed by atoms with Crippen LogP contribution in [0.1, 0.15) is 22.3 Å². The molecule has 0 amide bonds. The standard InChI is InChI=1S/C32H28B2Cl2O8/c33-22-13-24(38)16-1-3-19(35)5-15-6-26(40)32(27(41)7-15)44-30-11-17(25(39)14-23(30)34)2-4-20(36)8-18-9-21(37)12-28(42)31(18)43-29(22)10-16/h3-4,6-7,9-14,37-42H,1-2,5,8,33-34H2/b19-3+,20-4+. The number of phenols is 6. The molecule has 0 aliphatic carbocycles. The first-order valence-corrected chi connectivity index (χ1v) is 14.4. The van der Waals surface area contributed by atoms with Crippen LogP contribution in [0.4, 0.5) is 0 Å². The van der Waals surface area contributed by atoms with Crippen molar-refractivity contribution in [2.45, 2.75) is 25.7 Å². The molecule has 44 heavy (non-hydrogen) atoms. The summed E-state index contributed by atoms with van der Waals surface area (Å²) in [6.45, 7) is 0. The van der Waals surface area contributed by atoms with Crippen LogP contribution in [0.25, 0.3) is 0 Å². The Bertz CT molecular complexity index is 1820. The minimum Gasteiger partial charge on any atom is -0.508 e. The van der Waals surface area contributed by atoms with E-state index in [-0.39, 0.29) is 71.7 Å². The van der Waals surface area contributed by atoms with Crippen LogP contribution < -0.4 is 20.4 Å². The van der Waals surface area contributed by atoms with Crippen LogP contribution in [0.5, 0.6) is 57.5 Å². The van der Waals surface area contributed by atoms with E-state index >= 15 is 0 Å². The Kier molecular flexibility index (Phi) is 8.85. The largest absolute Gasteiger partial charge is 0.508 e. The Labute approximate surface area is 265 Å². The smallest absolute Gasteiger partial charge is 0.210 e.